The third kappa shape index (κ3) is 5.48. The lowest BCUT2D eigenvalue weighted by Gasteiger charge is -2.21. The van der Waals surface area contributed by atoms with E-state index in [-0.39, 0.29) is 0 Å². The van der Waals surface area contributed by atoms with Gasteiger partial charge in [0, 0.05) is 31.2 Å². The smallest absolute Gasteiger partial charge is 0.165 e. The molecule has 4 nitrogen and oxygen atoms in total. The molecule has 0 aromatic heterocycles. The van der Waals surface area contributed by atoms with Crippen LogP contribution in [0.1, 0.15) is 30.5 Å². The van der Waals surface area contributed by atoms with Gasteiger partial charge in [0.1, 0.15) is 0 Å². The first-order chi connectivity index (χ1) is 12.0. The molecule has 0 spiro atoms. The zero-order valence-corrected chi connectivity index (χ0v) is 16.0. The van der Waals surface area contributed by atoms with Crippen LogP contribution in [0.15, 0.2) is 42.5 Å². The molecule has 0 saturated heterocycles. The summed E-state index contributed by atoms with van der Waals surface area (Å²) in [6, 6.07) is 15.3. The Morgan fingerprint density at radius 2 is 1.68 bits per heavy atom. The molecule has 4 heteroatoms. The van der Waals surface area contributed by atoms with Gasteiger partial charge in [-0.15, -0.1) is 0 Å². The van der Waals surface area contributed by atoms with Gasteiger partial charge >= 0.3 is 0 Å². The zero-order chi connectivity index (χ0) is 18.2. The monoisotopic (exact) mass is 342 g/mol. The molecule has 25 heavy (non-hydrogen) atoms. The van der Waals surface area contributed by atoms with Gasteiger partial charge in [0.2, 0.25) is 0 Å². The number of methoxy groups -OCH3 is 2. The Morgan fingerprint density at radius 1 is 0.960 bits per heavy atom. The number of para-hydroxylation sites is 1. The van der Waals surface area contributed by atoms with Gasteiger partial charge in [-0.05, 0) is 38.1 Å². The summed E-state index contributed by atoms with van der Waals surface area (Å²) >= 11 is 0. The van der Waals surface area contributed by atoms with Gasteiger partial charge in [-0.25, -0.2) is 0 Å². The Hall–Kier alpha value is -2.04. The minimum absolute atomic E-state index is 0.544. The van der Waals surface area contributed by atoms with Crippen LogP contribution in [-0.4, -0.2) is 32.2 Å². The van der Waals surface area contributed by atoms with E-state index in [9.17, 15) is 0 Å². The van der Waals surface area contributed by atoms with Crippen LogP contribution in [0.3, 0.4) is 0 Å². The summed E-state index contributed by atoms with van der Waals surface area (Å²) in [4.78, 5) is 2.34. The average Bonchev–Trinajstić information content (AvgIpc) is 2.61. The number of hydrogen-bond acceptors (Lipinski definition) is 4. The second-order valence-corrected chi connectivity index (χ2v) is 6.59. The molecular formula is C21H30N2O2. The van der Waals surface area contributed by atoms with Gasteiger partial charge in [-0.3, -0.25) is 4.90 Å². The lowest BCUT2D eigenvalue weighted by molar-refractivity contribution is 0.266. The molecule has 0 bridgehead atoms. The highest BCUT2D eigenvalue weighted by Gasteiger charge is 2.09. The fraction of sp³-hybridized carbons (Fsp3) is 0.429. The highest BCUT2D eigenvalue weighted by molar-refractivity contribution is 5.46. The van der Waals surface area contributed by atoms with E-state index in [0.717, 1.165) is 36.7 Å². The Balaban J connectivity index is 1.96. The van der Waals surface area contributed by atoms with Crippen molar-refractivity contribution in [1.29, 1.82) is 0 Å². The molecule has 0 radical (unpaired) electrons. The van der Waals surface area contributed by atoms with Crippen molar-refractivity contribution in [1.82, 2.24) is 10.2 Å². The molecule has 136 valence electrons. The molecule has 0 amide bonds. The molecule has 0 aliphatic carbocycles. The van der Waals surface area contributed by atoms with Crippen LogP contribution in [0.25, 0.3) is 0 Å². The quantitative estimate of drug-likeness (QED) is 0.751. The number of nitrogens with zero attached hydrogens (tertiary/aromatic N) is 1. The molecule has 0 fully saturated rings. The minimum Gasteiger partial charge on any atom is -0.493 e. The van der Waals surface area contributed by atoms with E-state index in [2.05, 4.69) is 61.4 Å². The second kappa shape index (κ2) is 9.44. The van der Waals surface area contributed by atoms with E-state index in [0.29, 0.717) is 6.04 Å². The van der Waals surface area contributed by atoms with Crippen molar-refractivity contribution in [3.05, 3.63) is 59.2 Å². The molecular weight excluding hydrogens is 312 g/mol. The first kappa shape index (κ1) is 19.3. The minimum atomic E-state index is 0.544. The van der Waals surface area contributed by atoms with E-state index in [1.807, 2.05) is 12.1 Å². The van der Waals surface area contributed by atoms with E-state index in [1.54, 1.807) is 14.2 Å². The largest absolute Gasteiger partial charge is 0.493 e. The fourth-order valence-electron chi connectivity index (χ4n) is 2.74. The number of benzene rings is 2. The highest BCUT2D eigenvalue weighted by Crippen LogP contribution is 2.30. The Morgan fingerprint density at radius 3 is 2.36 bits per heavy atom. The Labute approximate surface area is 151 Å². The second-order valence-electron chi connectivity index (χ2n) is 6.59. The number of nitrogens with one attached hydrogen (secondary N) is 1. The third-order valence-electron chi connectivity index (χ3n) is 4.43. The number of rotatable bonds is 9. The third-order valence-corrected chi connectivity index (χ3v) is 4.43. The molecule has 1 N–H and O–H groups in total. The Kier molecular flexibility index (Phi) is 7.29. The predicted octanol–water partition coefficient (Wildman–Crippen LogP) is 3.83. The number of ether oxygens (including phenoxy) is 2. The highest BCUT2D eigenvalue weighted by atomic mass is 16.5. The van der Waals surface area contributed by atoms with Crippen molar-refractivity contribution in [2.24, 2.45) is 0 Å². The maximum atomic E-state index is 5.48. The number of hydrogen-bond donors (Lipinski definition) is 1. The van der Waals surface area contributed by atoms with Crippen molar-refractivity contribution in [2.45, 2.75) is 39.5 Å². The van der Waals surface area contributed by atoms with Crippen LogP contribution in [0.2, 0.25) is 0 Å². The standard InChI is InChI=1S/C21H30N2O2/c1-16(2)23(3)15-18-9-6-8-17(12-18)13-22-14-19-10-7-11-20(24-4)21(19)25-5/h6-12,16,22H,13-15H2,1-5H3. The topological polar surface area (TPSA) is 33.7 Å². The van der Waals surface area contributed by atoms with Gasteiger partial charge in [-0.2, -0.15) is 0 Å². The maximum absolute atomic E-state index is 5.48. The lowest BCUT2D eigenvalue weighted by atomic mass is 10.1. The molecule has 0 aliphatic heterocycles. The summed E-state index contributed by atoms with van der Waals surface area (Å²) in [6.45, 7) is 6.95. The van der Waals surface area contributed by atoms with Gasteiger partial charge in [0.15, 0.2) is 11.5 Å². The first-order valence-corrected chi connectivity index (χ1v) is 8.73. The lowest BCUT2D eigenvalue weighted by Crippen LogP contribution is -2.25. The van der Waals surface area contributed by atoms with Crippen LogP contribution >= 0.6 is 0 Å². The van der Waals surface area contributed by atoms with Crippen molar-refractivity contribution in [2.75, 3.05) is 21.3 Å². The molecule has 0 saturated carbocycles. The van der Waals surface area contributed by atoms with Crippen molar-refractivity contribution in [3.8, 4) is 11.5 Å². The molecule has 0 unspecified atom stereocenters. The zero-order valence-electron chi connectivity index (χ0n) is 16.0. The maximum Gasteiger partial charge on any atom is 0.165 e. The molecule has 0 atom stereocenters. The molecule has 2 aromatic rings. The molecule has 0 aliphatic rings. The molecule has 2 aromatic carbocycles. The van der Waals surface area contributed by atoms with Crippen LogP contribution in [-0.2, 0) is 19.6 Å². The normalized spacial score (nSPS) is 11.2. The van der Waals surface area contributed by atoms with Crippen molar-refractivity contribution in [3.63, 3.8) is 0 Å². The predicted molar refractivity (Wildman–Crippen MR) is 103 cm³/mol. The van der Waals surface area contributed by atoms with Crippen LogP contribution in [0.4, 0.5) is 0 Å². The SMILES string of the molecule is COc1cccc(CNCc2cccc(CN(C)C(C)C)c2)c1OC. The molecule has 2 rings (SSSR count). The summed E-state index contributed by atoms with van der Waals surface area (Å²) < 4.78 is 10.8. The van der Waals surface area contributed by atoms with E-state index >= 15 is 0 Å². The van der Waals surface area contributed by atoms with E-state index in [4.69, 9.17) is 9.47 Å². The molecule has 0 heterocycles. The van der Waals surface area contributed by atoms with Crippen LogP contribution in [0.5, 0.6) is 11.5 Å². The summed E-state index contributed by atoms with van der Waals surface area (Å²) in [6.07, 6.45) is 0. The summed E-state index contributed by atoms with van der Waals surface area (Å²) in [7, 11) is 5.50. The first-order valence-electron chi connectivity index (χ1n) is 8.73. The van der Waals surface area contributed by atoms with Crippen LogP contribution < -0.4 is 14.8 Å². The van der Waals surface area contributed by atoms with Crippen molar-refractivity contribution >= 4 is 0 Å². The van der Waals surface area contributed by atoms with Gasteiger partial charge in [0.05, 0.1) is 14.2 Å². The van der Waals surface area contributed by atoms with Crippen molar-refractivity contribution < 1.29 is 9.47 Å². The van der Waals surface area contributed by atoms with Gasteiger partial charge in [0.25, 0.3) is 0 Å². The van der Waals surface area contributed by atoms with Crippen LogP contribution in [0, 0.1) is 0 Å². The summed E-state index contributed by atoms with van der Waals surface area (Å²) in [5.41, 5.74) is 3.73. The van der Waals surface area contributed by atoms with Gasteiger partial charge < -0.3 is 14.8 Å². The summed E-state index contributed by atoms with van der Waals surface area (Å²) in [5.74, 6) is 1.56. The van der Waals surface area contributed by atoms with Gasteiger partial charge in [-0.1, -0.05) is 36.4 Å². The van der Waals surface area contributed by atoms with E-state index < -0.39 is 0 Å². The average molecular weight is 342 g/mol. The van der Waals surface area contributed by atoms with E-state index in [1.165, 1.54) is 11.1 Å². The Bertz CT molecular complexity index is 671. The fourth-order valence-corrected chi connectivity index (χ4v) is 2.74. The summed E-state index contributed by atoms with van der Waals surface area (Å²) in [5, 5.41) is 3.50.